The Morgan fingerprint density at radius 1 is 1.20 bits per heavy atom. The molecule has 2 saturated carbocycles. The summed E-state index contributed by atoms with van der Waals surface area (Å²) < 4.78 is 5.66. The average molecular weight is 337 g/mol. The standard InChI is InChI=1S/C20H23N3O2/c1-14(18-4-2-3-11-21-18)23(17-8-9-17)20(24)16-7-10-19(22-12-16)25-13-15-5-6-15/h2-4,7,10-12,14-15,17H,5-6,8-9,13H2,1H3. The van der Waals surface area contributed by atoms with Gasteiger partial charge >= 0.3 is 0 Å². The molecule has 5 nitrogen and oxygen atoms in total. The lowest BCUT2D eigenvalue weighted by Crippen LogP contribution is -2.36. The minimum absolute atomic E-state index is 0.0156. The van der Waals surface area contributed by atoms with E-state index in [4.69, 9.17) is 4.74 Å². The van der Waals surface area contributed by atoms with Gasteiger partial charge in [-0.2, -0.15) is 0 Å². The third kappa shape index (κ3) is 3.81. The predicted octanol–water partition coefficient (Wildman–Crippen LogP) is 3.63. The number of aromatic nitrogens is 2. The molecule has 130 valence electrons. The van der Waals surface area contributed by atoms with E-state index in [9.17, 15) is 4.79 Å². The third-order valence-corrected chi connectivity index (χ3v) is 4.85. The summed E-state index contributed by atoms with van der Waals surface area (Å²) in [5, 5.41) is 0. The van der Waals surface area contributed by atoms with Gasteiger partial charge in [0.05, 0.1) is 23.9 Å². The number of carbonyl (C=O) groups is 1. The van der Waals surface area contributed by atoms with Crippen molar-refractivity contribution >= 4 is 5.91 Å². The normalized spacial score (nSPS) is 17.8. The van der Waals surface area contributed by atoms with Gasteiger partial charge in [0.2, 0.25) is 5.88 Å². The molecule has 0 aliphatic heterocycles. The molecule has 0 bridgehead atoms. The molecular weight excluding hydrogens is 314 g/mol. The summed E-state index contributed by atoms with van der Waals surface area (Å²) >= 11 is 0. The van der Waals surface area contributed by atoms with Crippen LogP contribution >= 0.6 is 0 Å². The zero-order valence-electron chi connectivity index (χ0n) is 14.5. The Hall–Kier alpha value is -2.43. The van der Waals surface area contributed by atoms with Gasteiger partial charge in [-0.1, -0.05) is 6.07 Å². The van der Waals surface area contributed by atoms with Crippen molar-refractivity contribution in [2.24, 2.45) is 5.92 Å². The van der Waals surface area contributed by atoms with Crippen molar-refractivity contribution in [3.05, 3.63) is 54.0 Å². The van der Waals surface area contributed by atoms with Crippen LogP contribution in [0.4, 0.5) is 0 Å². The Bertz CT molecular complexity index is 724. The minimum Gasteiger partial charge on any atom is -0.477 e. The molecule has 0 aromatic carbocycles. The Morgan fingerprint density at radius 2 is 2.04 bits per heavy atom. The third-order valence-electron chi connectivity index (χ3n) is 4.85. The fourth-order valence-electron chi connectivity index (χ4n) is 3.01. The van der Waals surface area contributed by atoms with Crippen molar-refractivity contribution in [2.75, 3.05) is 6.61 Å². The van der Waals surface area contributed by atoms with Crippen molar-refractivity contribution < 1.29 is 9.53 Å². The van der Waals surface area contributed by atoms with E-state index in [0.717, 1.165) is 25.1 Å². The predicted molar refractivity (Wildman–Crippen MR) is 94.3 cm³/mol. The van der Waals surface area contributed by atoms with E-state index in [0.29, 0.717) is 23.4 Å². The van der Waals surface area contributed by atoms with Crippen molar-refractivity contribution in [1.29, 1.82) is 0 Å². The highest BCUT2D eigenvalue weighted by Gasteiger charge is 2.37. The van der Waals surface area contributed by atoms with E-state index in [2.05, 4.69) is 9.97 Å². The maximum Gasteiger partial charge on any atom is 0.256 e. The zero-order chi connectivity index (χ0) is 17.2. The van der Waals surface area contributed by atoms with Crippen molar-refractivity contribution in [3.8, 4) is 5.88 Å². The maximum atomic E-state index is 13.0. The van der Waals surface area contributed by atoms with Crippen LogP contribution in [0.5, 0.6) is 5.88 Å². The van der Waals surface area contributed by atoms with Crippen molar-refractivity contribution in [2.45, 2.75) is 44.7 Å². The first-order valence-electron chi connectivity index (χ1n) is 9.05. The van der Waals surface area contributed by atoms with Gasteiger partial charge in [-0.15, -0.1) is 0 Å². The number of hydrogen-bond acceptors (Lipinski definition) is 4. The molecule has 2 aromatic heterocycles. The van der Waals surface area contributed by atoms with Crippen molar-refractivity contribution in [1.82, 2.24) is 14.9 Å². The Balaban J connectivity index is 1.48. The van der Waals surface area contributed by atoms with Gasteiger partial charge in [-0.05, 0) is 56.7 Å². The first kappa shape index (κ1) is 16.1. The van der Waals surface area contributed by atoms with Crippen LogP contribution < -0.4 is 4.74 Å². The molecule has 2 heterocycles. The SMILES string of the molecule is CC(c1ccccn1)N(C(=O)c1ccc(OCC2CC2)nc1)C1CC1. The van der Waals surface area contributed by atoms with Crippen LogP contribution in [0.3, 0.4) is 0 Å². The van der Waals surface area contributed by atoms with E-state index in [1.54, 1.807) is 18.5 Å². The number of carbonyl (C=O) groups excluding carboxylic acids is 1. The number of ether oxygens (including phenoxy) is 1. The lowest BCUT2D eigenvalue weighted by Gasteiger charge is -2.29. The molecule has 1 atom stereocenters. The first-order chi connectivity index (χ1) is 12.2. The summed E-state index contributed by atoms with van der Waals surface area (Å²) in [4.78, 5) is 23.7. The average Bonchev–Trinajstić information content (AvgIpc) is 3.55. The van der Waals surface area contributed by atoms with Crippen LogP contribution in [0.2, 0.25) is 0 Å². The largest absolute Gasteiger partial charge is 0.477 e. The second kappa shape index (κ2) is 6.82. The molecule has 1 unspecified atom stereocenters. The quantitative estimate of drug-likeness (QED) is 0.774. The number of pyridine rings is 2. The van der Waals surface area contributed by atoms with Gasteiger partial charge < -0.3 is 9.64 Å². The molecule has 2 aliphatic carbocycles. The summed E-state index contributed by atoms with van der Waals surface area (Å²) in [5.74, 6) is 1.30. The lowest BCUT2D eigenvalue weighted by molar-refractivity contribution is 0.0669. The molecule has 25 heavy (non-hydrogen) atoms. The minimum atomic E-state index is -0.0491. The Labute approximate surface area is 148 Å². The molecule has 0 saturated heterocycles. The molecule has 4 rings (SSSR count). The molecule has 1 amide bonds. The summed E-state index contributed by atoms with van der Waals surface area (Å²) in [6.45, 7) is 2.77. The van der Waals surface area contributed by atoms with E-state index >= 15 is 0 Å². The van der Waals surface area contributed by atoms with Gasteiger partial charge in [-0.25, -0.2) is 4.98 Å². The monoisotopic (exact) mass is 337 g/mol. The number of nitrogens with zero attached hydrogens (tertiary/aromatic N) is 3. The highest BCUT2D eigenvalue weighted by Crippen LogP contribution is 2.35. The van der Waals surface area contributed by atoms with Crippen LogP contribution in [0.15, 0.2) is 42.7 Å². The molecule has 2 aromatic rings. The van der Waals surface area contributed by atoms with Crippen LogP contribution in [-0.4, -0.2) is 33.4 Å². The van der Waals surface area contributed by atoms with E-state index in [-0.39, 0.29) is 11.9 Å². The van der Waals surface area contributed by atoms with Crippen molar-refractivity contribution in [3.63, 3.8) is 0 Å². The summed E-state index contributed by atoms with van der Waals surface area (Å²) in [7, 11) is 0. The molecule has 0 spiro atoms. The Morgan fingerprint density at radius 3 is 2.64 bits per heavy atom. The summed E-state index contributed by atoms with van der Waals surface area (Å²) in [6, 6.07) is 9.69. The summed E-state index contributed by atoms with van der Waals surface area (Å²) in [6.07, 6.45) is 8.01. The molecular formula is C20H23N3O2. The van der Waals surface area contributed by atoms with E-state index in [1.165, 1.54) is 12.8 Å². The molecule has 0 radical (unpaired) electrons. The highest BCUT2D eigenvalue weighted by atomic mass is 16.5. The van der Waals surface area contributed by atoms with Gasteiger partial charge in [-0.3, -0.25) is 9.78 Å². The van der Waals surface area contributed by atoms with Crippen LogP contribution in [0, 0.1) is 5.92 Å². The van der Waals surface area contributed by atoms with Crippen LogP contribution in [-0.2, 0) is 0 Å². The second-order valence-electron chi connectivity index (χ2n) is 7.01. The maximum absolute atomic E-state index is 13.0. The van der Waals surface area contributed by atoms with Crippen LogP contribution in [0.1, 0.15) is 54.7 Å². The molecule has 5 heteroatoms. The topological polar surface area (TPSA) is 55.3 Å². The molecule has 2 aliphatic rings. The smallest absolute Gasteiger partial charge is 0.256 e. The fourth-order valence-corrected chi connectivity index (χ4v) is 3.01. The second-order valence-corrected chi connectivity index (χ2v) is 7.01. The number of hydrogen-bond donors (Lipinski definition) is 0. The molecule has 2 fully saturated rings. The lowest BCUT2D eigenvalue weighted by atomic mass is 10.1. The number of rotatable bonds is 7. The fraction of sp³-hybridized carbons (Fsp3) is 0.450. The summed E-state index contributed by atoms with van der Waals surface area (Å²) in [5.41, 5.74) is 1.52. The van der Waals surface area contributed by atoms with E-state index in [1.807, 2.05) is 36.1 Å². The van der Waals surface area contributed by atoms with Gasteiger partial charge in [0, 0.05) is 24.5 Å². The zero-order valence-corrected chi connectivity index (χ0v) is 14.5. The van der Waals surface area contributed by atoms with Gasteiger partial charge in [0.1, 0.15) is 0 Å². The van der Waals surface area contributed by atoms with Gasteiger partial charge in [0.15, 0.2) is 0 Å². The first-order valence-corrected chi connectivity index (χ1v) is 9.05. The van der Waals surface area contributed by atoms with E-state index < -0.39 is 0 Å². The highest BCUT2D eigenvalue weighted by molar-refractivity contribution is 5.94. The molecule has 0 N–H and O–H groups in total. The van der Waals surface area contributed by atoms with Gasteiger partial charge in [0.25, 0.3) is 5.91 Å². The number of amides is 1. The Kier molecular flexibility index (Phi) is 4.38. The van der Waals surface area contributed by atoms with Crippen LogP contribution in [0.25, 0.3) is 0 Å².